The van der Waals surface area contributed by atoms with Crippen LogP contribution in [-0.2, 0) is 4.79 Å². The number of hydrogen-bond donors (Lipinski definition) is 1. The quantitative estimate of drug-likeness (QED) is 0.926. The molecule has 1 aliphatic rings. The van der Waals surface area contributed by atoms with E-state index in [4.69, 9.17) is 4.74 Å². The minimum absolute atomic E-state index is 0.0149. The highest BCUT2D eigenvalue weighted by Crippen LogP contribution is 2.22. The lowest BCUT2D eigenvalue weighted by atomic mass is 9.96. The molecule has 0 atom stereocenters. The van der Waals surface area contributed by atoms with Crippen molar-refractivity contribution in [2.75, 3.05) is 30.4 Å². The molecule has 1 saturated heterocycles. The number of piperidine rings is 1. The van der Waals surface area contributed by atoms with E-state index in [1.165, 1.54) is 0 Å². The summed E-state index contributed by atoms with van der Waals surface area (Å²) in [6, 6.07) is 7.18. The Balaban J connectivity index is 1.56. The SMILES string of the molecule is COc1ccnc(N2CCC(C(=O)Nc3ccccn3)CC2)n1. The Morgan fingerprint density at radius 3 is 2.74 bits per heavy atom. The van der Waals surface area contributed by atoms with Gasteiger partial charge in [0.25, 0.3) is 0 Å². The molecule has 120 valence electrons. The Bertz CT molecular complexity index is 657. The number of carbonyl (C=O) groups excluding carboxylic acids is 1. The van der Waals surface area contributed by atoms with Gasteiger partial charge in [-0.25, -0.2) is 9.97 Å². The number of ether oxygens (including phenoxy) is 1. The number of aromatic nitrogens is 3. The molecule has 23 heavy (non-hydrogen) atoms. The van der Waals surface area contributed by atoms with Crippen LogP contribution in [0, 0.1) is 5.92 Å². The predicted octanol–water partition coefficient (Wildman–Crippen LogP) is 1.74. The second-order valence-electron chi connectivity index (χ2n) is 5.36. The Kier molecular flexibility index (Phi) is 4.65. The van der Waals surface area contributed by atoms with E-state index >= 15 is 0 Å². The van der Waals surface area contributed by atoms with Gasteiger partial charge in [-0.15, -0.1) is 0 Å². The fourth-order valence-electron chi connectivity index (χ4n) is 2.61. The van der Waals surface area contributed by atoms with E-state index in [0.29, 0.717) is 17.6 Å². The van der Waals surface area contributed by atoms with Crippen molar-refractivity contribution in [3.8, 4) is 5.88 Å². The summed E-state index contributed by atoms with van der Waals surface area (Å²) in [4.78, 5) is 27.1. The zero-order valence-electron chi connectivity index (χ0n) is 13.0. The van der Waals surface area contributed by atoms with Gasteiger partial charge < -0.3 is 15.0 Å². The van der Waals surface area contributed by atoms with Crippen LogP contribution in [0.15, 0.2) is 36.7 Å². The maximum absolute atomic E-state index is 12.3. The average molecular weight is 313 g/mol. The maximum Gasteiger partial charge on any atom is 0.228 e. The highest BCUT2D eigenvalue weighted by molar-refractivity contribution is 5.91. The van der Waals surface area contributed by atoms with Crippen molar-refractivity contribution in [1.82, 2.24) is 15.0 Å². The van der Waals surface area contributed by atoms with E-state index in [1.807, 2.05) is 12.1 Å². The lowest BCUT2D eigenvalue weighted by Crippen LogP contribution is -2.39. The molecule has 0 unspecified atom stereocenters. The zero-order valence-corrected chi connectivity index (χ0v) is 13.0. The van der Waals surface area contributed by atoms with Crippen LogP contribution in [0.2, 0.25) is 0 Å². The third-order valence-electron chi connectivity index (χ3n) is 3.89. The molecule has 0 aliphatic carbocycles. The summed E-state index contributed by atoms with van der Waals surface area (Å²) >= 11 is 0. The maximum atomic E-state index is 12.3. The summed E-state index contributed by atoms with van der Waals surface area (Å²) in [5.41, 5.74) is 0. The van der Waals surface area contributed by atoms with Crippen LogP contribution in [0.25, 0.3) is 0 Å². The average Bonchev–Trinajstić information content (AvgIpc) is 2.63. The number of carbonyl (C=O) groups is 1. The summed E-state index contributed by atoms with van der Waals surface area (Å²) in [6.07, 6.45) is 4.87. The number of methoxy groups -OCH3 is 1. The van der Waals surface area contributed by atoms with Gasteiger partial charge in [-0.1, -0.05) is 6.07 Å². The normalized spacial score (nSPS) is 15.3. The lowest BCUT2D eigenvalue weighted by Gasteiger charge is -2.31. The molecule has 0 spiro atoms. The molecule has 1 aliphatic heterocycles. The van der Waals surface area contributed by atoms with Crippen LogP contribution in [0.4, 0.5) is 11.8 Å². The van der Waals surface area contributed by atoms with Crippen LogP contribution >= 0.6 is 0 Å². The number of rotatable bonds is 4. The molecular weight excluding hydrogens is 294 g/mol. The van der Waals surface area contributed by atoms with Crippen LogP contribution in [0.5, 0.6) is 5.88 Å². The largest absolute Gasteiger partial charge is 0.481 e. The van der Waals surface area contributed by atoms with Crippen LogP contribution in [-0.4, -0.2) is 41.1 Å². The summed E-state index contributed by atoms with van der Waals surface area (Å²) in [6.45, 7) is 1.49. The minimum Gasteiger partial charge on any atom is -0.481 e. The molecule has 0 radical (unpaired) electrons. The van der Waals surface area contributed by atoms with Crippen molar-refractivity contribution >= 4 is 17.7 Å². The number of amides is 1. The fourth-order valence-corrected chi connectivity index (χ4v) is 2.61. The van der Waals surface area contributed by atoms with Crippen LogP contribution in [0.3, 0.4) is 0 Å². The van der Waals surface area contributed by atoms with Gasteiger partial charge in [-0.2, -0.15) is 4.98 Å². The van der Waals surface area contributed by atoms with Crippen molar-refractivity contribution in [3.63, 3.8) is 0 Å². The number of anilines is 2. The van der Waals surface area contributed by atoms with E-state index in [0.717, 1.165) is 25.9 Å². The highest BCUT2D eigenvalue weighted by Gasteiger charge is 2.26. The van der Waals surface area contributed by atoms with Gasteiger partial charge in [0, 0.05) is 37.5 Å². The Labute approximate surface area is 134 Å². The van der Waals surface area contributed by atoms with Gasteiger partial charge in [0.2, 0.25) is 17.7 Å². The smallest absolute Gasteiger partial charge is 0.228 e. The van der Waals surface area contributed by atoms with Crippen molar-refractivity contribution in [1.29, 1.82) is 0 Å². The zero-order chi connectivity index (χ0) is 16.1. The van der Waals surface area contributed by atoms with E-state index < -0.39 is 0 Å². The van der Waals surface area contributed by atoms with Crippen LogP contribution < -0.4 is 15.0 Å². The first-order valence-electron chi connectivity index (χ1n) is 7.60. The third kappa shape index (κ3) is 3.74. The fraction of sp³-hybridized carbons (Fsp3) is 0.375. The van der Waals surface area contributed by atoms with E-state index in [9.17, 15) is 4.79 Å². The van der Waals surface area contributed by atoms with E-state index in [1.54, 1.807) is 31.6 Å². The van der Waals surface area contributed by atoms with E-state index in [2.05, 4.69) is 25.2 Å². The molecule has 3 heterocycles. The Morgan fingerprint density at radius 1 is 1.22 bits per heavy atom. The number of pyridine rings is 1. The van der Waals surface area contributed by atoms with Crippen LogP contribution in [0.1, 0.15) is 12.8 Å². The molecule has 7 nitrogen and oxygen atoms in total. The number of hydrogen-bond acceptors (Lipinski definition) is 6. The highest BCUT2D eigenvalue weighted by atomic mass is 16.5. The Morgan fingerprint density at radius 2 is 2.04 bits per heavy atom. The molecule has 2 aromatic heterocycles. The molecule has 0 bridgehead atoms. The van der Waals surface area contributed by atoms with Crippen molar-refractivity contribution < 1.29 is 9.53 Å². The van der Waals surface area contributed by atoms with Gasteiger partial charge in [0.05, 0.1) is 7.11 Å². The van der Waals surface area contributed by atoms with Gasteiger partial charge in [-0.3, -0.25) is 4.79 Å². The molecule has 1 fully saturated rings. The van der Waals surface area contributed by atoms with Crippen molar-refractivity contribution in [3.05, 3.63) is 36.7 Å². The monoisotopic (exact) mass is 313 g/mol. The molecule has 0 saturated carbocycles. The molecule has 7 heteroatoms. The van der Waals surface area contributed by atoms with Gasteiger partial charge in [-0.05, 0) is 25.0 Å². The molecule has 0 aromatic carbocycles. The molecule has 3 rings (SSSR count). The summed E-state index contributed by atoms with van der Waals surface area (Å²) in [5.74, 6) is 1.79. The summed E-state index contributed by atoms with van der Waals surface area (Å²) in [5, 5.41) is 2.86. The topological polar surface area (TPSA) is 80.2 Å². The predicted molar refractivity (Wildman–Crippen MR) is 86.4 cm³/mol. The molecule has 2 aromatic rings. The summed E-state index contributed by atoms with van der Waals surface area (Å²) < 4.78 is 5.12. The van der Waals surface area contributed by atoms with Crippen molar-refractivity contribution in [2.24, 2.45) is 5.92 Å². The second kappa shape index (κ2) is 7.04. The third-order valence-corrected chi connectivity index (χ3v) is 3.89. The van der Waals surface area contributed by atoms with Crippen molar-refractivity contribution in [2.45, 2.75) is 12.8 Å². The minimum atomic E-state index is -0.0149. The first-order chi connectivity index (χ1) is 11.3. The van der Waals surface area contributed by atoms with Gasteiger partial charge >= 0.3 is 0 Å². The molecule has 1 amide bonds. The van der Waals surface area contributed by atoms with E-state index in [-0.39, 0.29) is 11.8 Å². The number of nitrogens with zero attached hydrogens (tertiary/aromatic N) is 4. The first kappa shape index (κ1) is 15.2. The molecule has 1 N–H and O–H groups in total. The van der Waals surface area contributed by atoms with Gasteiger partial charge in [0.15, 0.2) is 0 Å². The number of nitrogens with one attached hydrogen (secondary N) is 1. The lowest BCUT2D eigenvalue weighted by molar-refractivity contribution is -0.120. The second-order valence-corrected chi connectivity index (χ2v) is 5.36. The standard InChI is InChI=1S/C16H19N5O2/c1-23-14-5-9-18-16(20-14)21-10-6-12(7-11-21)15(22)19-13-4-2-3-8-17-13/h2-5,8-9,12H,6-7,10-11H2,1H3,(H,17,19,22). The first-order valence-corrected chi connectivity index (χ1v) is 7.60. The molecular formula is C16H19N5O2. The summed E-state index contributed by atoms with van der Waals surface area (Å²) in [7, 11) is 1.58. The Hall–Kier alpha value is -2.70. The van der Waals surface area contributed by atoms with Gasteiger partial charge in [0.1, 0.15) is 5.82 Å².